The van der Waals surface area contributed by atoms with Gasteiger partial charge in [0.1, 0.15) is 12.2 Å². The molecule has 2 heterocycles. The van der Waals surface area contributed by atoms with Crippen molar-refractivity contribution < 1.29 is 13.9 Å². The van der Waals surface area contributed by atoms with Gasteiger partial charge in [0.2, 0.25) is 5.82 Å². The molecule has 0 N–H and O–H groups in total. The average Bonchev–Trinajstić information content (AvgIpc) is 3.46. The molecule has 0 saturated carbocycles. The van der Waals surface area contributed by atoms with Crippen LogP contribution in [0.1, 0.15) is 11.1 Å². The van der Waals surface area contributed by atoms with E-state index in [9.17, 15) is 4.79 Å². The fourth-order valence-corrected chi connectivity index (χ4v) is 5.83. The maximum atomic E-state index is 13.8. The number of para-hydroxylation sites is 1. The number of methoxy groups -OCH3 is 1. The second kappa shape index (κ2) is 11.6. The highest BCUT2D eigenvalue weighted by atomic mass is 79.9. The van der Waals surface area contributed by atoms with Gasteiger partial charge in [-0.15, -0.1) is 0 Å². The predicted octanol–water partition coefficient (Wildman–Crippen LogP) is 8.85. The lowest BCUT2D eigenvalue weighted by Crippen LogP contribution is -2.20. The number of ether oxygens (including phenoxy) is 2. The van der Waals surface area contributed by atoms with E-state index in [1.165, 1.54) is 4.68 Å². The van der Waals surface area contributed by atoms with Gasteiger partial charge in [0, 0.05) is 20.4 Å². The van der Waals surface area contributed by atoms with E-state index in [1.54, 1.807) is 55.8 Å². The molecular weight excluding hydrogens is 642 g/mol. The molecule has 0 aliphatic carbocycles. The molecular formula is C35H23BrClN3O4. The van der Waals surface area contributed by atoms with Crippen LogP contribution >= 0.6 is 27.5 Å². The lowest BCUT2D eigenvalue weighted by atomic mass is 10.1. The summed E-state index contributed by atoms with van der Waals surface area (Å²) in [5, 5.41) is 8.66. The minimum atomic E-state index is -0.347. The van der Waals surface area contributed by atoms with Crippen molar-refractivity contribution in [3.8, 4) is 23.1 Å². The second-order valence-electron chi connectivity index (χ2n) is 10.1. The van der Waals surface area contributed by atoms with Crippen molar-refractivity contribution in [1.82, 2.24) is 9.66 Å². The Bertz CT molecular complexity index is 2290. The van der Waals surface area contributed by atoms with E-state index in [1.807, 2.05) is 42.5 Å². The van der Waals surface area contributed by atoms with Crippen molar-refractivity contribution in [3.63, 3.8) is 0 Å². The van der Waals surface area contributed by atoms with E-state index >= 15 is 0 Å². The normalized spacial score (nSPS) is 11.6. The monoisotopic (exact) mass is 663 g/mol. The maximum Gasteiger partial charge on any atom is 0.282 e. The first-order valence-corrected chi connectivity index (χ1v) is 14.9. The van der Waals surface area contributed by atoms with Gasteiger partial charge in [-0.1, -0.05) is 82.1 Å². The standard InChI is InChI=1S/C35H23BrClN3O4/c1-42-31-18-25(36)15-24(33(31)43-20-22-9-6-8-21-7-2-3-10-27(21)22)19-38-40-34(39-29-12-5-4-11-28(29)35(40)41)32-17-23-16-26(37)13-14-30(23)44-32/h2-19H,20H2,1H3. The molecule has 5 aromatic carbocycles. The van der Waals surface area contributed by atoms with Crippen LogP contribution in [0.2, 0.25) is 5.02 Å². The molecule has 0 bridgehead atoms. The van der Waals surface area contributed by atoms with Crippen LogP contribution in [-0.2, 0) is 6.61 Å². The highest BCUT2D eigenvalue weighted by Crippen LogP contribution is 2.35. The number of fused-ring (bicyclic) bond motifs is 3. The SMILES string of the molecule is COc1cc(Br)cc(C=Nn2c(-c3cc4cc(Cl)ccc4o3)nc3ccccc3c2=O)c1OCc1cccc2ccccc12. The van der Waals surface area contributed by atoms with E-state index in [0.29, 0.717) is 50.9 Å². The Morgan fingerprint density at radius 3 is 2.59 bits per heavy atom. The van der Waals surface area contributed by atoms with Crippen LogP contribution in [0.4, 0.5) is 0 Å². The zero-order valence-electron chi connectivity index (χ0n) is 23.3. The Balaban J connectivity index is 1.34. The van der Waals surface area contributed by atoms with Gasteiger partial charge in [-0.3, -0.25) is 4.79 Å². The van der Waals surface area contributed by atoms with Gasteiger partial charge in [-0.2, -0.15) is 9.78 Å². The van der Waals surface area contributed by atoms with Crippen molar-refractivity contribution in [2.75, 3.05) is 7.11 Å². The largest absolute Gasteiger partial charge is 0.493 e. The number of furan rings is 1. The molecule has 44 heavy (non-hydrogen) atoms. The van der Waals surface area contributed by atoms with Gasteiger partial charge < -0.3 is 13.9 Å². The average molecular weight is 665 g/mol. The summed E-state index contributed by atoms with van der Waals surface area (Å²) in [6.07, 6.45) is 1.56. The highest BCUT2D eigenvalue weighted by molar-refractivity contribution is 9.10. The molecule has 2 aromatic heterocycles. The van der Waals surface area contributed by atoms with E-state index in [2.05, 4.69) is 39.2 Å². The number of hydrogen-bond acceptors (Lipinski definition) is 6. The third-order valence-corrected chi connectivity index (χ3v) is 7.98. The van der Waals surface area contributed by atoms with Crippen molar-refractivity contribution in [2.45, 2.75) is 6.61 Å². The van der Waals surface area contributed by atoms with Crippen molar-refractivity contribution in [1.29, 1.82) is 0 Å². The lowest BCUT2D eigenvalue weighted by molar-refractivity contribution is 0.285. The topological polar surface area (TPSA) is 78.9 Å². The zero-order valence-corrected chi connectivity index (χ0v) is 25.7. The van der Waals surface area contributed by atoms with Gasteiger partial charge in [0.25, 0.3) is 5.56 Å². The van der Waals surface area contributed by atoms with Crippen molar-refractivity contribution >= 4 is 66.4 Å². The van der Waals surface area contributed by atoms with E-state index in [-0.39, 0.29) is 11.4 Å². The van der Waals surface area contributed by atoms with Gasteiger partial charge >= 0.3 is 0 Å². The molecule has 0 atom stereocenters. The van der Waals surface area contributed by atoms with Gasteiger partial charge in [-0.05, 0) is 64.9 Å². The van der Waals surface area contributed by atoms with Crippen LogP contribution < -0.4 is 15.0 Å². The molecule has 7 rings (SSSR count). The Labute approximate surface area is 265 Å². The number of aromatic nitrogens is 2. The Kier molecular flexibility index (Phi) is 7.37. The molecule has 216 valence electrons. The first kappa shape index (κ1) is 27.9. The van der Waals surface area contributed by atoms with Gasteiger partial charge in [0.15, 0.2) is 17.3 Å². The van der Waals surface area contributed by atoms with E-state index in [0.717, 1.165) is 26.2 Å². The Morgan fingerprint density at radius 1 is 0.932 bits per heavy atom. The quantitative estimate of drug-likeness (QED) is 0.159. The molecule has 0 radical (unpaired) electrons. The van der Waals surface area contributed by atoms with Gasteiger partial charge in [0.05, 0.1) is 24.2 Å². The molecule has 0 amide bonds. The van der Waals surface area contributed by atoms with E-state index in [4.69, 9.17) is 30.5 Å². The highest BCUT2D eigenvalue weighted by Gasteiger charge is 2.18. The summed E-state index contributed by atoms with van der Waals surface area (Å²) in [4.78, 5) is 18.6. The fraction of sp³-hybridized carbons (Fsp3) is 0.0571. The lowest BCUT2D eigenvalue weighted by Gasteiger charge is -2.15. The maximum absolute atomic E-state index is 13.8. The van der Waals surface area contributed by atoms with Crippen molar-refractivity contribution in [3.05, 3.63) is 134 Å². The second-order valence-corrected chi connectivity index (χ2v) is 11.4. The minimum Gasteiger partial charge on any atom is -0.493 e. The number of hydrogen-bond donors (Lipinski definition) is 0. The summed E-state index contributed by atoms with van der Waals surface area (Å²) in [5.41, 5.74) is 2.42. The first-order valence-electron chi connectivity index (χ1n) is 13.7. The summed E-state index contributed by atoms with van der Waals surface area (Å²) >= 11 is 9.77. The van der Waals surface area contributed by atoms with Crippen LogP contribution in [0, 0.1) is 0 Å². The molecule has 7 aromatic rings. The summed E-state index contributed by atoms with van der Waals surface area (Å²) in [6.45, 7) is 0.296. The van der Waals surface area contributed by atoms with Crippen LogP contribution in [0.15, 0.2) is 122 Å². The molecule has 7 nitrogen and oxygen atoms in total. The third-order valence-electron chi connectivity index (χ3n) is 7.29. The summed E-state index contributed by atoms with van der Waals surface area (Å²) in [5.74, 6) is 1.62. The molecule has 0 aliphatic rings. The predicted molar refractivity (Wildman–Crippen MR) is 178 cm³/mol. The van der Waals surface area contributed by atoms with Crippen LogP contribution in [0.3, 0.4) is 0 Å². The number of benzene rings is 5. The first-order chi connectivity index (χ1) is 21.5. The van der Waals surface area contributed by atoms with Crippen molar-refractivity contribution in [2.24, 2.45) is 5.10 Å². The van der Waals surface area contributed by atoms with Gasteiger partial charge in [-0.25, -0.2) is 4.98 Å². The molecule has 0 unspecified atom stereocenters. The number of rotatable bonds is 7. The molecule has 0 fully saturated rings. The van der Waals surface area contributed by atoms with Crippen LogP contribution in [0.25, 0.3) is 44.2 Å². The minimum absolute atomic E-state index is 0.248. The zero-order chi connectivity index (χ0) is 30.2. The van der Waals surface area contributed by atoms with Crippen LogP contribution in [0.5, 0.6) is 11.5 Å². The molecule has 0 spiro atoms. The molecule has 0 aliphatic heterocycles. The molecule has 9 heteroatoms. The summed E-state index contributed by atoms with van der Waals surface area (Å²) < 4.78 is 20.2. The smallest absolute Gasteiger partial charge is 0.282 e. The Hall–Kier alpha value is -4.92. The Morgan fingerprint density at radius 2 is 1.73 bits per heavy atom. The molecule has 0 saturated heterocycles. The number of nitrogens with zero attached hydrogens (tertiary/aromatic N) is 3. The van der Waals surface area contributed by atoms with Crippen LogP contribution in [-0.4, -0.2) is 23.0 Å². The number of halogens is 2. The fourth-order valence-electron chi connectivity index (χ4n) is 5.19. The van der Waals surface area contributed by atoms with E-state index < -0.39 is 0 Å². The third kappa shape index (κ3) is 5.23. The summed E-state index contributed by atoms with van der Waals surface area (Å²) in [7, 11) is 1.58. The summed E-state index contributed by atoms with van der Waals surface area (Å²) in [6, 6.07) is 32.2.